The fraction of sp³-hybridized carbons (Fsp3) is 0.133. The van der Waals surface area contributed by atoms with Crippen LogP contribution in [0.3, 0.4) is 0 Å². The summed E-state index contributed by atoms with van der Waals surface area (Å²) in [5, 5.41) is 12.3. The maximum absolute atomic E-state index is 11.2. The minimum absolute atomic E-state index is 0.168. The van der Waals surface area contributed by atoms with Gasteiger partial charge >= 0.3 is 5.97 Å². The number of hydrogen-bond donors (Lipinski definition) is 3. The predicted octanol–water partition coefficient (Wildman–Crippen LogP) is 3.27. The van der Waals surface area contributed by atoms with Gasteiger partial charge in [-0.15, -0.1) is 0 Å². The SMILES string of the molecule is CCc1cccc(Nc2ccc(N)cc2C(=O)O)c1. The summed E-state index contributed by atoms with van der Waals surface area (Å²) in [6.45, 7) is 2.07. The molecule has 0 saturated heterocycles. The van der Waals surface area contributed by atoms with Gasteiger partial charge in [0.15, 0.2) is 0 Å². The van der Waals surface area contributed by atoms with Crippen LogP contribution < -0.4 is 11.1 Å². The lowest BCUT2D eigenvalue weighted by molar-refractivity contribution is 0.0698. The zero-order valence-corrected chi connectivity index (χ0v) is 10.7. The molecular weight excluding hydrogens is 240 g/mol. The Morgan fingerprint density at radius 1 is 1.26 bits per heavy atom. The van der Waals surface area contributed by atoms with E-state index in [-0.39, 0.29) is 5.56 Å². The molecule has 0 aliphatic rings. The lowest BCUT2D eigenvalue weighted by atomic mass is 10.1. The van der Waals surface area contributed by atoms with Crippen molar-refractivity contribution in [2.75, 3.05) is 11.1 Å². The van der Waals surface area contributed by atoms with E-state index in [1.54, 1.807) is 12.1 Å². The lowest BCUT2D eigenvalue weighted by Crippen LogP contribution is -2.04. The Kier molecular flexibility index (Phi) is 3.71. The van der Waals surface area contributed by atoms with Gasteiger partial charge in [0.1, 0.15) is 0 Å². The Morgan fingerprint density at radius 2 is 2.05 bits per heavy atom. The Labute approximate surface area is 111 Å². The third-order valence-electron chi connectivity index (χ3n) is 2.89. The monoisotopic (exact) mass is 256 g/mol. The second kappa shape index (κ2) is 5.44. The van der Waals surface area contributed by atoms with Crippen LogP contribution in [0.1, 0.15) is 22.8 Å². The molecule has 0 fully saturated rings. The van der Waals surface area contributed by atoms with E-state index in [2.05, 4.69) is 12.2 Å². The largest absolute Gasteiger partial charge is 0.478 e. The molecule has 19 heavy (non-hydrogen) atoms. The number of carbonyl (C=O) groups is 1. The summed E-state index contributed by atoms with van der Waals surface area (Å²) >= 11 is 0. The van der Waals surface area contributed by atoms with Gasteiger partial charge in [0.2, 0.25) is 0 Å². The van der Waals surface area contributed by atoms with Gasteiger partial charge in [0.25, 0.3) is 0 Å². The molecule has 0 aromatic heterocycles. The molecule has 2 aromatic rings. The molecule has 98 valence electrons. The molecule has 0 radical (unpaired) electrons. The minimum atomic E-state index is -0.999. The Balaban J connectivity index is 2.34. The summed E-state index contributed by atoms with van der Waals surface area (Å²) < 4.78 is 0. The topological polar surface area (TPSA) is 75.3 Å². The van der Waals surface area contributed by atoms with Crippen molar-refractivity contribution in [2.45, 2.75) is 13.3 Å². The highest BCUT2D eigenvalue weighted by Gasteiger charge is 2.10. The molecule has 0 spiro atoms. The standard InChI is InChI=1S/C15H16N2O2/c1-2-10-4-3-5-12(8-10)17-14-7-6-11(16)9-13(14)15(18)19/h3-9,17H,2,16H2,1H3,(H,18,19). The molecule has 0 amide bonds. The van der Waals surface area contributed by atoms with Gasteiger partial charge in [0.05, 0.1) is 11.3 Å². The molecule has 0 unspecified atom stereocenters. The van der Waals surface area contributed by atoms with Crippen LogP contribution in [0.5, 0.6) is 0 Å². The number of carboxylic acid groups (broad SMARTS) is 1. The van der Waals surface area contributed by atoms with Crippen molar-refractivity contribution in [3.05, 3.63) is 53.6 Å². The number of benzene rings is 2. The van der Waals surface area contributed by atoms with Crippen molar-refractivity contribution in [3.63, 3.8) is 0 Å². The predicted molar refractivity (Wildman–Crippen MR) is 76.9 cm³/mol. The van der Waals surface area contributed by atoms with Crippen LogP contribution in [0.25, 0.3) is 0 Å². The van der Waals surface area contributed by atoms with Crippen LogP contribution in [-0.4, -0.2) is 11.1 Å². The highest BCUT2D eigenvalue weighted by Crippen LogP contribution is 2.24. The molecule has 0 aliphatic heterocycles. The van der Waals surface area contributed by atoms with Crippen LogP contribution in [0.2, 0.25) is 0 Å². The number of carboxylic acids is 1. The Morgan fingerprint density at radius 3 is 2.74 bits per heavy atom. The number of aryl methyl sites for hydroxylation is 1. The molecular formula is C15H16N2O2. The zero-order valence-electron chi connectivity index (χ0n) is 10.7. The van der Waals surface area contributed by atoms with Gasteiger partial charge < -0.3 is 16.2 Å². The van der Waals surface area contributed by atoms with Crippen LogP contribution in [0.4, 0.5) is 17.1 Å². The molecule has 4 nitrogen and oxygen atoms in total. The number of nitrogens with two attached hydrogens (primary N) is 1. The Bertz CT molecular complexity index is 609. The number of rotatable bonds is 4. The summed E-state index contributed by atoms with van der Waals surface area (Å²) in [6.07, 6.45) is 0.934. The van der Waals surface area contributed by atoms with Crippen molar-refractivity contribution >= 4 is 23.0 Å². The van der Waals surface area contributed by atoms with Gasteiger partial charge in [-0.25, -0.2) is 4.79 Å². The minimum Gasteiger partial charge on any atom is -0.478 e. The molecule has 0 saturated carbocycles. The van der Waals surface area contributed by atoms with E-state index in [0.29, 0.717) is 11.4 Å². The summed E-state index contributed by atoms with van der Waals surface area (Å²) in [4.78, 5) is 11.2. The van der Waals surface area contributed by atoms with Crippen LogP contribution >= 0.6 is 0 Å². The zero-order chi connectivity index (χ0) is 13.8. The molecule has 0 bridgehead atoms. The second-order valence-electron chi connectivity index (χ2n) is 4.29. The summed E-state index contributed by atoms with van der Waals surface area (Å²) in [5.41, 5.74) is 8.81. The van der Waals surface area contributed by atoms with Crippen LogP contribution in [0.15, 0.2) is 42.5 Å². The van der Waals surface area contributed by atoms with E-state index in [9.17, 15) is 9.90 Å². The van der Waals surface area contributed by atoms with Crippen molar-refractivity contribution in [3.8, 4) is 0 Å². The number of hydrogen-bond acceptors (Lipinski definition) is 3. The van der Waals surface area contributed by atoms with Crippen molar-refractivity contribution in [1.29, 1.82) is 0 Å². The first-order valence-corrected chi connectivity index (χ1v) is 6.09. The highest BCUT2D eigenvalue weighted by molar-refractivity contribution is 5.96. The van der Waals surface area contributed by atoms with E-state index in [0.717, 1.165) is 12.1 Å². The summed E-state index contributed by atoms with van der Waals surface area (Å²) in [7, 11) is 0. The lowest BCUT2D eigenvalue weighted by Gasteiger charge is -2.11. The third kappa shape index (κ3) is 3.04. The molecule has 0 heterocycles. The molecule has 4 heteroatoms. The van der Waals surface area contributed by atoms with Crippen molar-refractivity contribution in [2.24, 2.45) is 0 Å². The average Bonchev–Trinajstić information content (AvgIpc) is 2.41. The van der Waals surface area contributed by atoms with E-state index >= 15 is 0 Å². The smallest absolute Gasteiger partial charge is 0.337 e. The van der Waals surface area contributed by atoms with Crippen molar-refractivity contribution in [1.82, 2.24) is 0 Å². The molecule has 4 N–H and O–H groups in total. The first kappa shape index (κ1) is 13.0. The number of nitrogen functional groups attached to an aromatic ring is 1. The number of aromatic carboxylic acids is 1. The first-order valence-electron chi connectivity index (χ1n) is 6.09. The van der Waals surface area contributed by atoms with Gasteiger partial charge in [-0.1, -0.05) is 19.1 Å². The number of anilines is 3. The maximum atomic E-state index is 11.2. The third-order valence-corrected chi connectivity index (χ3v) is 2.89. The average molecular weight is 256 g/mol. The molecule has 0 atom stereocenters. The molecule has 0 aliphatic carbocycles. The molecule has 2 rings (SSSR count). The summed E-state index contributed by atoms with van der Waals surface area (Å²) in [5.74, 6) is -0.999. The first-order chi connectivity index (χ1) is 9.10. The maximum Gasteiger partial charge on any atom is 0.337 e. The Hall–Kier alpha value is -2.49. The fourth-order valence-corrected chi connectivity index (χ4v) is 1.87. The second-order valence-corrected chi connectivity index (χ2v) is 4.29. The molecule has 2 aromatic carbocycles. The van der Waals surface area contributed by atoms with Gasteiger partial charge in [0, 0.05) is 11.4 Å². The van der Waals surface area contributed by atoms with E-state index in [1.165, 1.54) is 11.6 Å². The van der Waals surface area contributed by atoms with Crippen LogP contribution in [0, 0.1) is 0 Å². The normalized spacial score (nSPS) is 10.2. The number of nitrogens with one attached hydrogen (secondary N) is 1. The van der Waals surface area contributed by atoms with Gasteiger partial charge in [-0.3, -0.25) is 0 Å². The van der Waals surface area contributed by atoms with Crippen LogP contribution in [-0.2, 0) is 6.42 Å². The summed E-state index contributed by atoms with van der Waals surface area (Å²) in [6, 6.07) is 12.7. The quantitative estimate of drug-likeness (QED) is 0.734. The van der Waals surface area contributed by atoms with Crippen molar-refractivity contribution < 1.29 is 9.90 Å². The van der Waals surface area contributed by atoms with Gasteiger partial charge in [-0.2, -0.15) is 0 Å². The van der Waals surface area contributed by atoms with E-state index in [4.69, 9.17) is 5.73 Å². The highest BCUT2D eigenvalue weighted by atomic mass is 16.4. The van der Waals surface area contributed by atoms with E-state index in [1.807, 2.05) is 24.3 Å². The van der Waals surface area contributed by atoms with E-state index < -0.39 is 5.97 Å². The fourth-order valence-electron chi connectivity index (χ4n) is 1.87. The van der Waals surface area contributed by atoms with Gasteiger partial charge in [-0.05, 0) is 42.3 Å².